The fourth-order valence-electron chi connectivity index (χ4n) is 4.19. The quantitative estimate of drug-likeness (QED) is 0.337. The van der Waals surface area contributed by atoms with Crippen molar-refractivity contribution in [3.63, 3.8) is 0 Å². The van der Waals surface area contributed by atoms with Crippen LogP contribution in [0.3, 0.4) is 0 Å². The number of rotatable bonds is 7. The van der Waals surface area contributed by atoms with E-state index < -0.39 is 0 Å². The number of nitrogens with zero attached hydrogens (tertiary/aromatic N) is 5. The van der Waals surface area contributed by atoms with E-state index in [1.165, 1.54) is 6.42 Å². The van der Waals surface area contributed by atoms with Gasteiger partial charge in [-0.25, -0.2) is 4.98 Å². The zero-order valence-electron chi connectivity index (χ0n) is 18.0. The Balaban J connectivity index is 1.56. The van der Waals surface area contributed by atoms with Crippen LogP contribution in [0.2, 0.25) is 0 Å². The Kier molecular flexibility index (Phi) is 6.57. The van der Waals surface area contributed by atoms with Crippen molar-refractivity contribution in [2.75, 3.05) is 17.2 Å². The van der Waals surface area contributed by atoms with E-state index in [1.54, 1.807) is 6.20 Å². The lowest BCUT2D eigenvalue weighted by molar-refractivity contribution is 0.449. The highest BCUT2D eigenvalue weighted by Crippen LogP contribution is 2.27. The molecule has 31 heavy (non-hydrogen) atoms. The minimum Gasteiger partial charge on any atom is -0.351 e. The molecule has 4 N–H and O–H groups in total. The summed E-state index contributed by atoms with van der Waals surface area (Å²) in [5, 5.41) is 27.3. The van der Waals surface area contributed by atoms with Gasteiger partial charge in [0.2, 0.25) is 5.95 Å². The Morgan fingerprint density at radius 1 is 1.23 bits per heavy atom. The molecule has 3 aromatic rings. The molecule has 0 spiro atoms. The summed E-state index contributed by atoms with van der Waals surface area (Å²) in [5.74, 6) is 2.56. The van der Waals surface area contributed by atoms with Crippen LogP contribution < -0.4 is 16.0 Å². The lowest BCUT2D eigenvalue weighted by atomic mass is 10.0. The first-order valence-electron chi connectivity index (χ1n) is 10.9. The van der Waals surface area contributed by atoms with Crippen LogP contribution in [-0.2, 0) is 0 Å². The van der Waals surface area contributed by atoms with Crippen molar-refractivity contribution in [2.45, 2.75) is 58.0 Å². The van der Waals surface area contributed by atoms with Crippen LogP contribution in [0.1, 0.15) is 44.7 Å². The van der Waals surface area contributed by atoms with Crippen molar-refractivity contribution < 1.29 is 0 Å². The van der Waals surface area contributed by atoms with Gasteiger partial charge in [-0.1, -0.05) is 6.92 Å². The lowest BCUT2D eigenvalue weighted by Gasteiger charge is -2.23. The molecule has 9 nitrogen and oxygen atoms in total. The van der Waals surface area contributed by atoms with Crippen molar-refractivity contribution in [2.24, 2.45) is 5.92 Å². The molecule has 0 aliphatic heterocycles. The van der Waals surface area contributed by atoms with Gasteiger partial charge in [-0.3, -0.25) is 5.10 Å². The monoisotopic (exact) mass is 419 g/mol. The first-order chi connectivity index (χ1) is 15.1. The van der Waals surface area contributed by atoms with Gasteiger partial charge in [0, 0.05) is 43.0 Å². The third kappa shape index (κ3) is 5.47. The van der Waals surface area contributed by atoms with E-state index in [1.807, 2.05) is 25.1 Å². The molecule has 0 amide bonds. The lowest BCUT2D eigenvalue weighted by Crippen LogP contribution is -2.34. The highest BCUT2D eigenvalue weighted by Gasteiger charge is 2.24. The van der Waals surface area contributed by atoms with Crippen LogP contribution in [0, 0.1) is 24.2 Å². The normalized spacial score (nSPS) is 21.4. The van der Waals surface area contributed by atoms with Gasteiger partial charge in [0.15, 0.2) is 11.5 Å². The van der Waals surface area contributed by atoms with Gasteiger partial charge in [0.25, 0.3) is 0 Å². The topological polar surface area (TPSA) is 127 Å². The number of aryl methyl sites for hydroxylation is 1. The average Bonchev–Trinajstić information content (AvgIpc) is 3.07. The van der Waals surface area contributed by atoms with Crippen molar-refractivity contribution in [3.8, 4) is 6.07 Å². The summed E-state index contributed by atoms with van der Waals surface area (Å²) in [5.41, 5.74) is 1.61. The molecular weight excluding hydrogens is 390 g/mol. The number of anilines is 3. The summed E-state index contributed by atoms with van der Waals surface area (Å²) in [6.45, 7) is 4.98. The molecule has 3 heterocycles. The molecule has 162 valence electrons. The van der Waals surface area contributed by atoms with Gasteiger partial charge in [0.1, 0.15) is 5.82 Å². The SMILES string of the molecule is Cc1cc(Nc2nc(NC3CC(C)CCC(NCCC#N)C3)nc3ncccc23)n[nH]1. The molecule has 0 bridgehead atoms. The van der Waals surface area contributed by atoms with Gasteiger partial charge < -0.3 is 16.0 Å². The smallest absolute Gasteiger partial charge is 0.226 e. The number of fused-ring (bicyclic) bond motifs is 1. The Hall–Kier alpha value is -3.25. The van der Waals surface area contributed by atoms with Crippen molar-refractivity contribution in [3.05, 3.63) is 30.1 Å². The fourth-order valence-corrected chi connectivity index (χ4v) is 4.19. The highest BCUT2D eigenvalue weighted by atomic mass is 15.2. The summed E-state index contributed by atoms with van der Waals surface area (Å²) in [6.07, 6.45) is 6.60. The maximum atomic E-state index is 8.82. The molecule has 1 fully saturated rings. The average molecular weight is 420 g/mol. The maximum absolute atomic E-state index is 8.82. The van der Waals surface area contributed by atoms with Crippen molar-refractivity contribution in [1.82, 2.24) is 30.5 Å². The summed E-state index contributed by atoms with van der Waals surface area (Å²) >= 11 is 0. The minimum absolute atomic E-state index is 0.249. The van der Waals surface area contributed by atoms with E-state index >= 15 is 0 Å². The molecule has 0 radical (unpaired) electrons. The number of hydrogen-bond donors (Lipinski definition) is 4. The Labute approximate surface area is 182 Å². The van der Waals surface area contributed by atoms with E-state index in [0.717, 1.165) is 36.9 Å². The van der Waals surface area contributed by atoms with Gasteiger partial charge in [0.05, 0.1) is 11.5 Å². The molecule has 9 heteroatoms. The molecule has 3 unspecified atom stereocenters. The number of aromatic amines is 1. The Bertz CT molecular complexity index is 1050. The molecule has 4 rings (SSSR count). The predicted molar refractivity (Wildman–Crippen MR) is 121 cm³/mol. The second kappa shape index (κ2) is 9.71. The number of nitrogens with one attached hydrogen (secondary N) is 4. The van der Waals surface area contributed by atoms with E-state index in [4.69, 9.17) is 10.2 Å². The molecular formula is C22H29N9. The van der Waals surface area contributed by atoms with Crippen LogP contribution in [-0.4, -0.2) is 43.8 Å². The third-order valence-corrected chi connectivity index (χ3v) is 5.69. The zero-order valence-corrected chi connectivity index (χ0v) is 18.0. The first-order valence-corrected chi connectivity index (χ1v) is 10.9. The number of pyridine rings is 1. The summed E-state index contributed by atoms with van der Waals surface area (Å²) in [6, 6.07) is 8.61. The minimum atomic E-state index is 0.249. The fraction of sp³-hybridized carbons (Fsp3) is 0.500. The van der Waals surface area contributed by atoms with Gasteiger partial charge in [-0.2, -0.15) is 20.3 Å². The zero-order chi connectivity index (χ0) is 21.6. The summed E-state index contributed by atoms with van der Waals surface area (Å²) < 4.78 is 0. The number of H-pyrrole nitrogens is 1. The van der Waals surface area contributed by atoms with E-state index in [2.05, 4.69) is 49.1 Å². The van der Waals surface area contributed by atoms with Gasteiger partial charge in [-0.15, -0.1) is 0 Å². The summed E-state index contributed by atoms with van der Waals surface area (Å²) in [7, 11) is 0. The molecule has 1 aliphatic carbocycles. The number of aromatic nitrogens is 5. The maximum Gasteiger partial charge on any atom is 0.226 e. The van der Waals surface area contributed by atoms with Crippen LogP contribution in [0.25, 0.3) is 11.0 Å². The molecule has 3 atom stereocenters. The second-order valence-electron chi connectivity index (χ2n) is 8.39. The largest absolute Gasteiger partial charge is 0.351 e. The van der Waals surface area contributed by atoms with Gasteiger partial charge in [-0.05, 0) is 50.7 Å². The van der Waals surface area contributed by atoms with Crippen molar-refractivity contribution in [1.29, 1.82) is 5.26 Å². The first kappa shape index (κ1) is 21.0. The summed E-state index contributed by atoms with van der Waals surface area (Å²) in [4.78, 5) is 13.9. The third-order valence-electron chi connectivity index (χ3n) is 5.69. The van der Waals surface area contributed by atoms with Crippen LogP contribution in [0.5, 0.6) is 0 Å². The molecule has 1 saturated carbocycles. The Morgan fingerprint density at radius 3 is 2.94 bits per heavy atom. The highest BCUT2D eigenvalue weighted by molar-refractivity contribution is 5.89. The van der Waals surface area contributed by atoms with Crippen LogP contribution in [0.4, 0.5) is 17.6 Å². The molecule has 0 saturated heterocycles. The van der Waals surface area contributed by atoms with Gasteiger partial charge >= 0.3 is 0 Å². The van der Waals surface area contributed by atoms with E-state index in [9.17, 15) is 0 Å². The second-order valence-corrected chi connectivity index (χ2v) is 8.39. The molecule has 1 aliphatic rings. The van der Waals surface area contributed by atoms with Crippen molar-refractivity contribution >= 4 is 28.6 Å². The predicted octanol–water partition coefficient (Wildman–Crippen LogP) is 3.66. The molecule has 3 aromatic heterocycles. The number of nitriles is 1. The van der Waals surface area contributed by atoms with E-state index in [-0.39, 0.29) is 6.04 Å². The number of hydrogen-bond acceptors (Lipinski definition) is 8. The van der Waals surface area contributed by atoms with Crippen LogP contribution >= 0.6 is 0 Å². The van der Waals surface area contributed by atoms with Crippen LogP contribution in [0.15, 0.2) is 24.4 Å². The standard InChI is InChI=1S/C22H29N9/c1-14-6-7-16(24-10-4-8-23)13-17(11-14)26-22-28-20-18(5-3-9-25-20)21(29-22)27-19-12-15(2)30-31-19/h3,5,9,12,14,16-17,24H,4,6-7,10-11,13H2,1-2H3,(H3,25,26,27,28,29,30,31). The Morgan fingerprint density at radius 2 is 2.13 bits per heavy atom. The molecule has 0 aromatic carbocycles. The van der Waals surface area contributed by atoms with E-state index in [0.29, 0.717) is 41.6 Å².